The van der Waals surface area contributed by atoms with E-state index in [9.17, 15) is 63.9 Å². The Labute approximate surface area is 656 Å². The molecular formula is C90H100N10O13. The number of fused-ring (bicyclic) bond motifs is 4. The van der Waals surface area contributed by atoms with Crippen LogP contribution in [0.5, 0.6) is 17.2 Å². The number of Topliss-reactive ketones (excluding diaryl/α,β-unsaturated/α-hetero) is 3. The highest BCUT2D eigenvalue weighted by molar-refractivity contribution is 6.02. The number of aromatic amines is 2. The van der Waals surface area contributed by atoms with Crippen LogP contribution in [0.3, 0.4) is 0 Å². The number of aliphatic hydroxyl groups is 2. The number of aromatic nitrogens is 4. The third-order valence-electron chi connectivity index (χ3n) is 27.0. The van der Waals surface area contributed by atoms with Crippen LogP contribution in [0, 0.1) is 5.92 Å². The van der Waals surface area contributed by atoms with Crippen LogP contribution < -0.4 is 21.6 Å². The van der Waals surface area contributed by atoms with E-state index in [0.717, 1.165) is 105 Å². The van der Waals surface area contributed by atoms with Crippen LogP contribution in [-0.4, -0.2) is 191 Å². The first-order chi connectivity index (χ1) is 53.9. The van der Waals surface area contributed by atoms with Gasteiger partial charge in [0.05, 0.1) is 38.9 Å². The lowest BCUT2D eigenvalue weighted by molar-refractivity contribution is -0.169. The first kappa shape index (κ1) is 77.7. The fourth-order valence-corrected chi connectivity index (χ4v) is 21.3. The highest BCUT2D eigenvalue weighted by Gasteiger charge is 2.67. The first-order valence-electron chi connectivity index (χ1n) is 39.5. The molecule has 0 spiro atoms. The molecule has 23 nitrogen and oxygen atoms in total. The molecular weight excluding hydrogens is 1430 g/mol. The van der Waals surface area contributed by atoms with E-state index in [2.05, 4.69) is 57.6 Å². The highest BCUT2D eigenvalue weighted by atomic mass is 16.3. The van der Waals surface area contributed by atoms with Crippen molar-refractivity contribution in [3.05, 3.63) is 223 Å². The van der Waals surface area contributed by atoms with Crippen molar-refractivity contribution in [2.45, 2.75) is 175 Å². The van der Waals surface area contributed by atoms with Crippen LogP contribution in [-0.2, 0) is 73.9 Å². The number of benzene rings is 6. The van der Waals surface area contributed by atoms with E-state index >= 15 is 0 Å². The summed E-state index contributed by atoms with van der Waals surface area (Å²) in [7, 11) is 6.18. The second-order valence-electron chi connectivity index (χ2n) is 32.9. The smallest absolute Gasteiger partial charge is 0.344 e. The number of carbonyl (C=O) groups is 7. The lowest BCUT2D eigenvalue weighted by Crippen LogP contribution is -2.72. The lowest BCUT2D eigenvalue weighted by atomic mass is 9.49. The number of aromatic hydroxyl groups is 3. The quantitative estimate of drug-likeness (QED) is 0.0485. The minimum atomic E-state index is -1.12. The van der Waals surface area contributed by atoms with Crippen LogP contribution in [0.4, 0.5) is 0 Å². The predicted molar refractivity (Wildman–Crippen MR) is 428 cm³/mol. The maximum Gasteiger partial charge on any atom is 0.344 e. The van der Waals surface area contributed by atoms with Crippen LogP contribution in [0.15, 0.2) is 145 Å². The number of ketones is 4. The van der Waals surface area contributed by atoms with Gasteiger partial charge in [0, 0.05) is 140 Å². The summed E-state index contributed by atoms with van der Waals surface area (Å²) in [6.07, 6.45) is 18.5. The molecule has 5 heterocycles. The van der Waals surface area contributed by atoms with Crippen molar-refractivity contribution in [3.63, 3.8) is 0 Å². The van der Waals surface area contributed by atoms with E-state index in [1.807, 2.05) is 117 Å². The molecule has 6 aromatic carbocycles. The van der Waals surface area contributed by atoms with Gasteiger partial charge in [-0.05, 0) is 198 Å². The summed E-state index contributed by atoms with van der Waals surface area (Å²) in [5.74, 6) is 0.517. The Morgan fingerprint density at radius 1 is 0.549 bits per heavy atom. The van der Waals surface area contributed by atoms with Gasteiger partial charge in [-0.1, -0.05) is 98.4 Å². The first-order valence-corrected chi connectivity index (χ1v) is 39.5. The van der Waals surface area contributed by atoms with Gasteiger partial charge in [-0.25, -0.2) is 14.8 Å². The molecule has 0 radical (unpaired) electrons. The Morgan fingerprint density at radius 2 is 1.05 bits per heavy atom. The molecule has 18 rings (SSSR count). The van der Waals surface area contributed by atoms with Crippen LogP contribution >= 0.6 is 0 Å². The number of phenols is 3. The van der Waals surface area contributed by atoms with Crippen molar-refractivity contribution >= 4 is 57.5 Å². The number of nitrogens with one attached hydrogen (secondary N) is 5. The number of phenolic OH excluding ortho intramolecular Hbond substituents is 3. The summed E-state index contributed by atoms with van der Waals surface area (Å²) in [5.41, 5.74) is 8.39. The summed E-state index contributed by atoms with van der Waals surface area (Å²) >= 11 is 0. The SMILES string of the molecule is C.CN1CC[C@]23CC(=O)CCC2[C@H]1Cc1ccc(C(=O)NCCc2nc4ccccc4[nH]2)c(O)c13.CN1CC[C@]23CC(=O)CC[C@@]2(O)[C@H]1Cc1ccc(C(=O)NCCc2ccc(-c4cnc(=O)[nH]c4)cc2)c(O)c13.CN1CC[C@]23CC(=O)CC[C@@]2(O)[C@H]1Cc1ccc(C(=O)NCCc2ccc(C4=CC(=O)CC=C4)cc2)c(O)c13. The van der Waals surface area contributed by atoms with Crippen molar-refractivity contribution < 1.29 is 59.1 Å². The molecule has 1 unspecified atom stereocenters. The second kappa shape index (κ2) is 30.7. The van der Waals surface area contributed by atoms with Gasteiger partial charge in [0.2, 0.25) is 0 Å². The van der Waals surface area contributed by atoms with Crippen molar-refractivity contribution in [2.75, 3.05) is 60.4 Å². The molecule has 3 saturated heterocycles. The number of rotatable bonds is 14. The third kappa shape index (κ3) is 13.8. The summed E-state index contributed by atoms with van der Waals surface area (Å²) in [5, 5.41) is 67.1. The number of likely N-dealkylation sites (N-methyl/N-ethyl adjacent to an activating group) is 3. The van der Waals surface area contributed by atoms with E-state index in [-0.39, 0.29) is 107 Å². The summed E-state index contributed by atoms with van der Waals surface area (Å²) in [6.45, 7) is 3.51. The lowest BCUT2D eigenvalue weighted by Gasteiger charge is -2.62. The average molecular weight is 1530 g/mol. The van der Waals surface area contributed by atoms with Gasteiger partial charge in [0.15, 0.2) is 5.78 Å². The number of allylic oxidation sites excluding steroid dienone is 4. The zero-order valence-electron chi connectivity index (χ0n) is 63.5. The van der Waals surface area contributed by atoms with Crippen molar-refractivity contribution in [3.8, 4) is 28.4 Å². The van der Waals surface area contributed by atoms with Gasteiger partial charge >= 0.3 is 5.69 Å². The molecule has 113 heavy (non-hydrogen) atoms. The minimum Gasteiger partial charge on any atom is -0.507 e. The number of amides is 3. The zero-order valence-corrected chi connectivity index (χ0v) is 63.5. The normalized spacial score (nSPS) is 26.5. The zero-order chi connectivity index (χ0) is 78.2. The molecule has 6 fully saturated rings. The molecule has 7 aliphatic carbocycles. The number of hydrogen-bond acceptors (Lipinski definition) is 18. The summed E-state index contributed by atoms with van der Waals surface area (Å²) < 4.78 is 0. The molecule has 588 valence electrons. The van der Waals surface area contributed by atoms with Gasteiger partial charge in [-0.15, -0.1) is 0 Å². The van der Waals surface area contributed by atoms with Gasteiger partial charge < -0.3 is 66.2 Å². The number of carbonyl (C=O) groups excluding carboxylic acids is 7. The van der Waals surface area contributed by atoms with E-state index in [4.69, 9.17) is 0 Å². The molecule has 3 amide bonds. The summed E-state index contributed by atoms with van der Waals surface area (Å²) in [4.78, 5) is 121. The maximum absolute atomic E-state index is 13.2. The van der Waals surface area contributed by atoms with Gasteiger partial charge in [-0.3, -0.25) is 33.6 Å². The number of piperidine rings is 3. The molecule has 3 saturated carbocycles. The Bertz CT molecular complexity index is 5210. The Balaban J connectivity index is 0.000000134. The Kier molecular flexibility index (Phi) is 21.2. The number of H-pyrrole nitrogens is 2. The average Bonchev–Trinajstić information content (AvgIpc) is 1.50. The van der Waals surface area contributed by atoms with E-state index in [0.29, 0.717) is 145 Å². The minimum absolute atomic E-state index is 0. The molecule has 10 aliphatic rings. The van der Waals surface area contributed by atoms with Crippen LogP contribution in [0.1, 0.15) is 178 Å². The largest absolute Gasteiger partial charge is 0.507 e. The Morgan fingerprint density at radius 3 is 1.58 bits per heavy atom. The molecule has 10 N–H and O–H groups in total. The number of likely N-dealkylation sites (tertiary alicyclic amines) is 3. The molecule has 23 heteroatoms. The monoisotopic (exact) mass is 1530 g/mol. The Hall–Kier alpha value is -10.6. The molecule has 9 atom stereocenters. The molecule has 6 bridgehead atoms. The number of nitrogens with zero attached hydrogens (tertiary/aromatic N) is 5. The number of imidazole rings is 1. The summed E-state index contributed by atoms with van der Waals surface area (Å²) in [6, 6.07) is 34.5. The number of para-hydroxylation sites is 2. The van der Waals surface area contributed by atoms with Gasteiger partial charge in [0.1, 0.15) is 40.4 Å². The fourth-order valence-electron chi connectivity index (χ4n) is 21.3. The van der Waals surface area contributed by atoms with E-state index in [1.54, 1.807) is 30.5 Å². The molecule has 8 aromatic rings. The third-order valence-corrected chi connectivity index (χ3v) is 27.0. The molecule has 2 aromatic heterocycles. The number of hydrogen-bond donors (Lipinski definition) is 10. The van der Waals surface area contributed by atoms with Crippen molar-refractivity contribution in [1.29, 1.82) is 0 Å². The molecule has 3 aliphatic heterocycles. The second-order valence-corrected chi connectivity index (χ2v) is 32.9. The van der Waals surface area contributed by atoms with Crippen molar-refractivity contribution in [2.24, 2.45) is 5.92 Å². The standard InChI is InChI=1S/C32H34N2O5.C30H32N4O5.C27H30N4O3.CH4/c1-34-16-14-31-19-25(36)11-13-32(31,39)27(34)18-23-9-10-26(29(37)28(23)31)30(38)33-15-12-20-5-7-21(8-6-20)22-3-2-4-24(35)17-22;1-34-13-11-29-15-22(35)8-10-30(29,39)24(34)14-20-6-7-23(26(36)25(20)29)27(37)31-12-9-18-2-4-19(5-3-18)21-16-32-28(38)33-17-21;1-31-13-11-27-15-17(32)7-9-19(27)22(31)14-16-6-8-18(25(33)24(16)27)26(34)28-12-10-23-29-20-4-2-3-5-21(20)30-23;/h2-3,5-10,17,27,37,39H,4,11-16,18-19H2,1H3,(H,33,38);2-7,16-17,24,36,39H,8-15H2,1H3,(H,31,37)(H,32,33,38);2-6,8,19,22,33H,7,9-15H2,1H3,(H,28,34)(H,29,30);1H4/t27-,31-,32-;24-,29-,30-;19?,22-,27+;/m111./s1. The van der Waals surface area contributed by atoms with Crippen LogP contribution in [0.2, 0.25) is 0 Å². The van der Waals surface area contributed by atoms with E-state index in [1.165, 1.54) is 6.20 Å². The maximum atomic E-state index is 13.2. The highest BCUT2D eigenvalue weighted by Crippen LogP contribution is 2.62. The van der Waals surface area contributed by atoms with Gasteiger partial charge in [0.25, 0.3) is 17.7 Å². The van der Waals surface area contributed by atoms with E-state index < -0.39 is 27.7 Å². The van der Waals surface area contributed by atoms with Crippen LogP contribution in [0.25, 0.3) is 27.7 Å². The van der Waals surface area contributed by atoms with Gasteiger partial charge in [-0.2, -0.15) is 0 Å². The topological polar surface area (TPSA) is 341 Å². The fraction of sp³-hybridized carbons (Fsp3) is 0.422. The van der Waals surface area contributed by atoms with Crippen molar-refractivity contribution in [1.82, 2.24) is 50.6 Å². The predicted octanol–water partition coefficient (Wildman–Crippen LogP) is 9.10.